The van der Waals surface area contributed by atoms with Crippen LogP contribution in [-0.2, 0) is 16.0 Å². The standard InChI is InChI=1S/C13H14O3/c1-8(2)16-13(15)11-7-9-5-3-4-6-10(9)12(11)14/h3-6,8,11H,7H2,1-2H3. The zero-order chi connectivity index (χ0) is 11.7. The number of carbonyl (C=O) groups is 2. The number of hydrogen-bond acceptors (Lipinski definition) is 3. The van der Waals surface area contributed by atoms with E-state index in [1.165, 1.54) is 0 Å². The molecule has 0 aromatic heterocycles. The van der Waals surface area contributed by atoms with Gasteiger partial charge in [0.05, 0.1) is 6.10 Å². The van der Waals surface area contributed by atoms with Crippen molar-refractivity contribution in [2.45, 2.75) is 26.4 Å². The van der Waals surface area contributed by atoms with Gasteiger partial charge < -0.3 is 4.74 Å². The number of esters is 1. The molecule has 0 aliphatic heterocycles. The fourth-order valence-corrected chi connectivity index (χ4v) is 1.94. The van der Waals surface area contributed by atoms with E-state index in [4.69, 9.17) is 4.74 Å². The lowest BCUT2D eigenvalue weighted by atomic mass is 10.1. The first-order valence-corrected chi connectivity index (χ1v) is 5.42. The van der Waals surface area contributed by atoms with E-state index >= 15 is 0 Å². The zero-order valence-corrected chi connectivity index (χ0v) is 9.40. The predicted octanol–water partition coefficient (Wildman–Crippen LogP) is 1.99. The molecular formula is C13H14O3. The summed E-state index contributed by atoms with van der Waals surface area (Å²) in [5.74, 6) is -1.16. The van der Waals surface area contributed by atoms with E-state index in [-0.39, 0.29) is 11.9 Å². The number of rotatable bonds is 2. The largest absolute Gasteiger partial charge is 0.462 e. The van der Waals surface area contributed by atoms with E-state index in [0.29, 0.717) is 12.0 Å². The molecule has 0 bridgehead atoms. The van der Waals surface area contributed by atoms with Gasteiger partial charge in [-0.1, -0.05) is 24.3 Å². The molecule has 3 nitrogen and oxygen atoms in total. The average molecular weight is 218 g/mol. The van der Waals surface area contributed by atoms with Crippen LogP contribution >= 0.6 is 0 Å². The summed E-state index contributed by atoms with van der Waals surface area (Å²) in [6.07, 6.45) is 0.296. The SMILES string of the molecule is CC(C)OC(=O)C1Cc2ccccc2C1=O. The third kappa shape index (κ3) is 1.85. The van der Waals surface area contributed by atoms with Crippen molar-refractivity contribution >= 4 is 11.8 Å². The van der Waals surface area contributed by atoms with E-state index < -0.39 is 11.9 Å². The highest BCUT2D eigenvalue weighted by Gasteiger charge is 2.36. The van der Waals surface area contributed by atoms with Gasteiger partial charge in [0.25, 0.3) is 0 Å². The van der Waals surface area contributed by atoms with Gasteiger partial charge in [-0.25, -0.2) is 0 Å². The molecule has 3 heteroatoms. The molecule has 0 amide bonds. The van der Waals surface area contributed by atoms with Gasteiger partial charge in [0.2, 0.25) is 0 Å². The number of ether oxygens (including phenoxy) is 1. The van der Waals surface area contributed by atoms with Crippen LogP contribution in [0.1, 0.15) is 29.8 Å². The molecule has 1 unspecified atom stereocenters. The van der Waals surface area contributed by atoms with Crippen LogP contribution in [0.25, 0.3) is 0 Å². The minimum absolute atomic E-state index is 0.110. The molecule has 0 radical (unpaired) electrons. The smallest absolute Gasteiger partial charge is 0.317 e. The third-order valence-electron chi connectivity index (χ3n) is 2.66. The fourth-order valence-electron chi connectivity index (χ4n) is 1.94. The van der Waals surface area contributed by atoms with Crippen molar-refractivity contribution in [3.63, 3.8) is 0 Å². The van der Waals surface area contributed by atoms with Crippen molar-refractivity contribution in [2.75, 3.05) is 0 Å². The summed E-state index contributed by atoms with van der Waals surface area (Å²) in [6.45, 7) is 3.56. The summed E-state index contributed by atoms with van der Waals surface area (Å²) in [7, 11) is 0. The summed E-state index contributed by atoms with van der Waals surface area (Å²) < 4.78 is 5.08. The summed E-state index contributed by atoms with van der Waals surface area (Å²) in [6, 6.07) is 7.34. The number of Topliss-reactive ketones (excluding diaryl/α,β-unsaturated/α-hetero) is 1. The van der Waals surface area contributed by atoms with Gasteiger partial charge in [0.15, 0.2) is 5.78 Å². The first kappa shape index (κ1) is 10.9. The van der Waals surface area contributed by atoms with Crippen LogP contribution in [0.4, 0.5) is 0 Å². The molecule has 0 saturated carbocycles. The van der Waals surface area contributed by atoms with E-state index in [9.17, 15) is 9.59 Å². The van der Waals surface area contributed by atoms with Crippen LogP contribution < -0.4 is 0 Å². The topological polar surface area (TPSA) is 43.4 Å². The molecule has 0 fully saturated rings. The summed E-state index contributed by atoms with van der Waals surface area (Å²) in [4.78, 5) is 23.6. The van der Waals surface area contributed by atoms with Gasteiger partial charge in [-0.15, -0.1) is 0 Å². The Hall–Kier alpha value is -1.64. The Bertz CT molecular complexity index is 435. The maximum Gasteiger partial charge on any atom is 0.317 e. The maximum atomic E-state index is 11.9. The van der Waals surface area contributed by atoms with Crippen molar-refractivity contribution in [1.29, 1.82) is 0 Å². The number of carbonyl (C=O) groups excluding carboxylic acids is 2. The van der Waals surface area contributed by atoms with Crippen LogP contribution in [0.5, 0.6) is 0 Å². The Balaban J connectivity index is 2.19. The van der Waals surface area contributed by atoms with Gasteiger partial charge in [0, 0.05) is 5.56 Å². The molecule has 84 valence electrons. The van der Waals surface area contributed by atoms with Crippen LogP contribution in [0.2, 0.25) is 0 Å². The zero-order valence-electron chi connectivity index (χ0n) is 9.40. The van der Waals surface area contributed by atoms with E-state index in [0.717, 1.165) is 5.56 Å². The van der Waals surface area contributed by atoms with Crippen molar-refractivity contribution < 1.29 is 14.3 Å². The van der Waals surface area contributed by atoms with E-state index in [2.05, 4.69) is 0 Å². The van der Waals surface area contributed by atoms with Gasteiger partial charge in [-0.2, -0.15) is 0 Å². The normalized spacial score (nSPS) is 18.7. The Kier molecular flexibility index (Phi) is 2.77. The van der Waals surface area contributed by atoms with Crippen molar-refractivity contribution in [2.24, 2.45) is 5.92 Å². The number of fused-ring (bicyclic) bond motifs is 1. The summed E-state index contributed by atoms with van der Waals surface area (Å²) in [5.41, 5.74) is 1.60. The molecular weight excluding hydrogens is 204 g/mol. The van der Waals surface area contributed by atoms with Gasteiger partial charge in [-0.3, -0.25) is 9.59 Å². The molecule has 0 N–H and O–H groups in total. The number of benzene rings is 1. The second kappa shape index (κ2) is 4.08. The van der Waals surface area contributed by atoms with Crippen LogP contribution in [0, 0.1) is 5.92 Å². The molecule has 0 saturated heterocycles. The highest BCUT2D eigenvalue weighted by molar-refractivity contribution is 6.12. The number of hydrogen-bond donors (Lipinski definition) is 0. The monoisotopic (exact) mass is 218 g/mol. The molecule has 1 aromatic rings. The summed E-state index contributed by atoms with van der Waals surface area (Å²) >= 11 is 0. The molecule has 16 heavy (non-hydrogen) atoms. The molecule has 2 rings (SSSR count). The third-order valence-corrected chi connectivity index (χ3v) is 2.66. The van der Waals surface area contributed by atoms with Gasteiger partial charge in [0.1, 0.15) is 5.92 Å². The van der Waals surface area contributed by atoms with Gasteiger partial charge >= 0.3 is 5.97 Å². The first-order chi connectivity index (χ1) is 7.59. The average Bonchev–Trinajstić information content (AvgIpc) is 2.56. The molecule has 1 aliphatic rings. The van der Waals surface area contributed by atoms with Crippen molar-refractivity contribution in [3.8, 4) is 0 Å². The second-order valence-corrected chi connectivity index (χ2v) is 4.26. The molecule has 0 heterocycles. The van der Waals surface area contributed by atoms with Crippen LogP contribution in [-0.4, -0.2) is 17.9 Å². The van der Waals surface area contributed by atoms with E-state index in [1.807, 2.05) is 18.2 Å². The molecule has 1 atom stereocenters. The quantitative estimate of drug-likeness (QED) is 0.563. The highest BCUT2D eigenvalue weighted by atomic mass is 16.5. The lowest BCUT2D eigenvalue weighted by molar-refractivity contribution is -0.150. The fraction of sp³-hybridized carbons (Fsp3) is 0.385. The lowest BCUT2D eigenvalue weighted by Crippen LogP contribution is -2.25. The van der Waals surface area contributed by atoms with Crippen molar-refractivity contribution in [3.05, 3.63) is 35.4 Å². The first-order valence-electron chi connectivity index (χ1n) is 5.42. The second-order valence-electron chi connectivity index (χ2n) is 4.26. The van der Waals surface area contributed by atoms with Crippen molar-refractivity contribution in [1.82, 2.24) is 0 Å². The van der Waals surface area contributed by atoms with Crippen LogP contribution in [0.15, 0.2) is 24.3 Å². The molecule has 1 aliphatic carbocycles. The Morgan fingerprint density at radius 1 is 1.38 bits per heavy atom. The minimum Gasteiger partial charge on any atom is -0.462 e. The molecule has 1 aromatic carbocycles. The Labute approximate surface area is 94.4 Å². The Morgan fingerprint density at radius 3 is 2.69 bits per heavy atom. The van der Waals surface area contributed by atoms with Gasteiger partial charge in [-0.05, 0) is 25.8 Å². The highest BCUT2D eigenvalue weighted by Crippen LogP contribution is 2.27. The summed E-state index contributed by atoms with van der Waals surface area (Å²) in [5, 5.41) is 0. The van der Waals surface area contributed by atoms with Crippen LogP contribution in [0.3, 0.4) is 0 Å². The molecule has 0 spiro atoms. The van der Waals surface area contributed by atoms with E-state index in [1.54, 1.807) is 19.9 Å². The predicted molar refractivity (Wildman–Crippen MR) is 59.2 cm³/mol. The minimum atomic E-state index is -0.639. The lowest BCUT2D eigenvalue weighted by Gasteiger charge is -2.11. The Morgan fingerprint density at radius 2 is 2.06 bits per heavy atom. The maximum absolute atomic E-state index is 11.9. The number of ketones is 1.